The number of carbonyl (C=O) groups is 3. The maximum Gasteiger partial charge on any atom is 0.335 e. The van der Waals surface area contributed by atoms with E-state index in [2.05, 4.69) is 10.6 Å². The lowest BCUT2D eigenvalue weighted by Crippen LogP contribution is -2.43. The normalized spacial score (nSPS) is 11.5. The van der Waals surface area contributed by atoms with Crippen LogP contribution in [0.3, 0.4) is 0 Å². The first kappa shape index (κ1) is 15.4. The highest BCUT2D eigenvalue weighted by Crippen LogP contribution is 2.16. The minimum Gasteiger partial charge on any atom is -0.480 e. The van der Waals surface area contributed by atoms with Crippen LogP contribution < -0.4 is 16.4 Å². The van der Waals surface area contributed by atoms with Crippen molar-refractivity contribution in [3.05, 3.63) is 29.3 Å². The van der Waals surface area contributed by atoms with Crippen molar-refractivity contribution in [2.24, 2.45) is 5.73 Å². The molecule has 8 nitrogen and oxygen atoms in total. The van der Waals surface area contributed by atoms with E-state index < -0.39 is 24.0 Å². The topological polar surface area (TPSA) is 142 Å². The molecule has 0 radical (unpaired) electrons. The zero-order valence-electron chi connectivity index (χ0n) is 10.7. The fourth-order valence-corrected chi connectivity index (χ4v) is 1.35. The van der Waals surface area contributed by atoms with Gasteiger partial charge in [0.1, 0.15) is 6.04 Å². The average molecular weight is 281 g/mol. The van der Waals surface area contributed by atoms with E-state index in [0.29, 0.717) is 11.3 Å². The summed E-state index contributed by atoms with van der Waals surface area (Å²) in [6, 6.07) is 2.43. The number of aliphatic carboxylic acids is 1. The van der Waals surface area contributed by atoms with Gasteiger partial charge in [0.05, 0.1) is 5.56 Å². The summed E-state index contributed by atoms with van der Waals surface area (Å²) in [5.74, 6) is -2.34. The lowest BCUT2D eigenvalue weighted by atomic mass is 10.1. The highest BCUT2D eigenvalue weighted by Gasteiger charge is 2.13. The van der Waals surface area contributed by atoms with Crippen LogP contribution in [0.15, 0.2) is 18.2 Å². The van der Waals surface area contributed by atoms with Crippen molar-refractivity contribution in [2.45, 2.75) is 13.0 Å². The third kappa shape index (κ3) is 4.25. The predicted molar refractivity (Wildman–Crippen MR) is 70.8 cm³/mol. The van der Waals surface area contributed by atoms with Crippen molar-refractivity contribution in [1.29, 1.82) is 0 Å². The van der Waals surface area contributed by atoms with Crippen LogP contribution >= 0.6 is 0 Å². The second-order valence-corrected chi connectivity index (χ2v) is 4.11. The molecule has 1 atom stereocenters. The number of amides is 2. The van der Waals surface area contributed by atoms with Crippen LogP contribution in [0, 0.1) is 6.92 Å². The Labute approximate surface area is 114 Å². The molecule has 1 rings (SSSR count). The van der Waals surface area contributed by atoms with Gasteiger partial charge in [-0.15, -0.1) is 0 Å². The van der Waals surface area contributed by atoms with E-state index in [1.54, 1.807) is 13.0 Å². The number of carbonyl (C=O) groups excluding carboxylic acids is 1. The fourth-order valence-electron chi connectivity index (χ4n) is 1.35. The smallest absolute Gasteiger partial charge is 0.335 e. The zero-order valence-corrected chi connectivity index (χ0v) is 10.7. The summed E-state index contributed by atoms with van der Waals surface area (Å²) in [6.45, 7) is 1.46. The Bertz CT molecular complexity index is 544. The molecule has 0 bridgehead atoms. The summed E-state index contributed by atoms with van der Waals surface area (Å²) < 4.78 is 0. The van der Waals surface area contributed by atoms with Crippen molar-refractivity contribution in [3.63, 3.8) is 0 Å². The Hall–Kier alpha value is -2.61. The number of hydrogen-bond donors (Lipinski definition) is 5. The SMILES string of the molecule is Cc1ccc(C(=O)O)cc1NC(=O)NC[C@H](N)C(=O)O. The molecule has 108 valence electrons. The summed E-state index contributed by atoms with van der Waals surface area (Å²) >= 11 is 0. The molecule has 0 fully saturated rings. The molecule has 0 aromatic heterocycles. The molecule has 0 heterocycles. The van der Waals surface area contributed by atoms with Crippen molar-refractivity contribution >= 4 is 23.7 Å². The molecular weight excluding hydrogens is 266 g/mol. The number of carboxylic acid groups (broad SMARTS) is 2. The van der Waals surface area contributed by atoms with E-state index >= 15 is 0 Å². The van der Waals surface area contributed by atoms with Gasteiger partial charge in [0.15, 0.2) is 0 Å². The van der Waals surface area contributed by atoms with Crippen LogP contribution in [0.25, 0.3) is 0 Å². The van der Waals surface area contributed by atoms with Crippen molar-refractivity contribution in [1.82, 2.24) is 5.32 Å². The second-order valence-electron chi connectivity index (χ2n) is 4.11. The Kier molecular flexibility index (Phi) is 5.04. The molecule has 1 aromatic carbocycles. The average Bonchev–Trinajstić information content (AvgIpc) is 2.38. The second kappa shape index (κ2) is 6.53. The first-order chi connectivity index (χ1) is 9.31. The van der Waals surface area contributed by atoms with E-state index in [0.717, 1.165) is 0 Å². The van der Waals surface area contributed by atoms with Gasteiger partial charge in [-0.05, 0) is 24.6 Å². The molecule has 0 saturated heterocycles. The molecule has 0 aliphatic carbocycles. The Morgan fingerprint density at radius 3 is 2.50 bits per heavy atom. The minimum absolute atomic E-state index is 0.0353. The van der Waals surface area contributed by atoms with Crippen LogP contribution in [0.1, 0.15) is 15.9 Å². The fraction of sp³-hybridized carbons (Fsp3) is 0.250. The number of urea groups is 1. The minimum atomic E-state index is -1.23. The maximum atomic E-state index is 11.6. The van der Waals surface area contributed by atoms with E-state index in [9.17, 15) is 14.4 Å². The molecule has 0 aliphatic rings. The first-order valence-electron chi connectivity index (χ1n) is 5.68. The van der Waals surface area contributed by atoms with Crippen LogP contribution in [0.5, 0.6) is 0 Å². The molecule has 0 spiro atoms. The van der Waals surface area contributed by atoms with E-state index in [1.165, 1.54) is 12.1 Å². The van der Waals surface area contributed by atoms with Gasteiger partial charge in [0.25, 0.3) is 0 Å². The number of hydrogen-bond acceptors (Lipinski definition) is 4. The van der Waals surface area contributed by atoms with Gasteiger partial charge in [-0.2, -0.15) is 0 Å². The van der Waals surface area contributed by atoms with Gasteiger partial charge in [0.2, 0.25) is 0 Å². The number of nitrogens with two attached hydrogens (primary N) is 1. The van der Waals surface area contributed by atoms with Crippen LogP contribution in [0.2, 0.25) is 0 Å². The van der Waals surface area contributed by atoms with Gasteiger partial charge in [-0.25, -0.2) is 9.59 Å². The Balaban J connectivity index is 2.68. The predicted octanol–water partition coefficient (Wildman–Crippen LogP) is 0.227. The van der Waals surface area contributed by atoms with Crippen molar-refractivity contribution in [3.8, 4) is 0 Å². The molecular formula is C12H15N3O5. The quantitative estimate of drug-likeness (QED) is 0.523. The van der Waals surface area contributed by atoms with Gasteiger partial charge in [-0.3, -0.25) is 4.79 Å². The van der Waals surface area contributed by atoms with Crippen molar-refractivity contribution in [2.75, 3.05) is 11.9 Å². The molecule has 6 N–H and O–H groups in total. The molecule has 0 aliphatic heterocycles. The lowest BCUT2D eigenvalue weighted by Gasteiger charge is -2.12. The van der Waals surface area contributed by atoms with Crippen LogP contribution in [0.4, 0.5) is 10.5 Å². The number of carboxylic acids is 2. The third-order valence-electron chi connectivity index (χ3n) is 2.53. The molecule has 0 saturated carbocycles. The first-order valence-corrected chi connectivity index (χ1v) is 5.68. The molecule has 8 heteroatoms. The van der Waals surface area contributed by atoms with Crippen molar-refractivity contribution < 1.29 is 24.6 Å². The van der Waals surface area contributed by atoms with Gasteiger partial charge < -0.3 is 26.6 Å². The number of anilines is 1. The van der Waals surface area contributed by atoms with Crippen LogP contribution in [-0.4, -0.2) is 40.8 Å². The Morgan fingerprint density at radius 2 is 1.95 bits per heavy atom. The molecule has 0 unspecified atom stereocenters. The number of rotatable bonds is 5. The third-order valence-corrected chi connectivity index (χ3v) is 2.53. The summed E-state index contributed by atoms with van der Waals surface area (Å²) in [4.78, 5) is 32.9. The van der Waals surface area contributed by atoms with E-state index in [4.69, 9.17) is 15.9 Å². The molecule has 1 aromatic rings. The zero-order chi connectivity index (χ0) is 15.3. The molecule has 20 heavy (non-hydrogen) atoms. The summed E-state index contributed by atoms with van der Waals surface area (Å²) in [7, 11) is 0. The molecule has 2 amide bonds. The lowest BCUT2D eigenvalue weighted by molar-refractivity contribution is -0.138. The largest absolute Gasteiger partial charge is 0.480 e. The van der Waals surface area contributed by atoms with Crippen LogP contribution in [-0.2, 0) is 4.79 Å². The van der Waals surface area contributed by atoms with E-state index in [-0.39, 0.29) is 12.1 Å². The van der Waals surface area contributed by atoms with E-state index in [1.807, 2.05) is 0 Å². The monoisotopic (exact) mass is 281 g/mol. The van der Waals surface area contributed by atoms with Gasteiger partial charge >= 0.3 is 18.0 Å². The standard InChI is InChI=1S/C12H15N3O5/c1-6-2-3-7(10(16)17)4-9(6)15-12(20)14-5-8(13)11(18)19/h2-4,8H,5,13H2,1H3,(H,16,17)(H,18,19)(H2,14,15,20)/t8-/m0/s1. The highest BCUT2D eigenvalue weighted by molar-refractivity contribution is 5.94. The Morgan fingerprint density at radius 1 is 1.30 bits per heavy atom. The highest BCUT2D eigenvalue weighted by atomic mass is 16.4. The number of benzene rings is 1. The summed E-state index contributed by atoms with van der Waals surface area (Å²) in [5, 5.41) is 22.1. The summed E-state index contributed by atoms with van der Waals surface area (Å²) in [6.07, 6.45) is 0. The number of nitrogens with one attached hydrogen (secondary N) is 2. The van der Waals surface area contributed by atoms with Gasteiger partial charge in [-0.1, -0.05) is 6.07 Å². The number of aromatic carboxylic acids is 1. The van der Waals surface area contributed by atoms with Gasteiger partial charge in [0, 0.05) is 12.2 Å². The summed E-state index contributed by atoms with van der Waals surface area (Å²) in [5.41, 5.74) is 6.27. The number of aryl methyl sites for hydroxylation is 1. The maximum absolute atomic E-state index is 11.6.